The molecule has 0 unspecified atom stereocenters. The second kappa shape index (κ2) is 10.0. The summed E-state index contributed by atoms with van der Waals surface area (Å²) in [5.74, 6) is 0.0931. The van der Waals surface area contributed by atoms with Gasteiger partial charge in [0, 0.05) is 33.1 Å². The Morgan fingerprint density at radius 3 is 2.45 bits per heavy atom. The third kappa shape index (κ3) is 5.09. The van der Waals surface area contributed by atoms with Crippen LogP contribution in [-0.4, -0.2) is 55.2 Å². The zero-order valence-electron chi connectivity index (χ0n) is 13.1. The van der Waals surface area contributed by atoms with Crippen molar-refractivity contribution in [1.82, 2.24) is 15.2 Å². The van der Waals surface area contributed by atoms with Gasteiger partial charge >= 0.3 is 0 Å². The molecular formula is C15H25Cl2N3O2. The molecule has 0 aromatic carbocycles. The fraction of sp³-hybridized carbons (Fsp3) is 0.600. The highest BCUT2D eigenvalue weighted by Gasteiger charge is 2.41. The molecule has 0 spiro atoms. The maximum absolute atomic E-state index is 12.6. The number of nitrogens with zero attached hydrogens (tertiary/aromatic N) is 2. The van der Waals surface area contributed by atoms with E-state index in [0.717, 1.165) is 32.4 Å². The normalized spacial score (nSPS) is 16.1. The standard InChI is InChI=1S/C15H23N3O2.2ClH/c1-18(12-5-13-3-8-16-9-4-13)14(19)15(20-2)6-10-17-11-7-15;;/h3-4,8-9,17H,5-7,10-12H2,1-2H3;2*1H. The lowest BCUT2D eigenvalue weighted by Crippen LogP contribution is -2.54. The van der Waals surface area contributed by atoms with Crippen LogP contribution in [-0.2, 0) is 16.0 Å². The predicted octanol–water partition coefficient (Wildman–Crippen LogP) is 1.69. The van der Waals surface area contributed by atoms with Gasteiger partial charge in [-0.25, -0.2) is 0 Å². The van der Waals surface area contributed by atoms with E-state index in [4.69, 9.17) is 4.74 Å². The molecule has 0 bridgehead atoms. The number of aromatic nitrogens is 1. The summed E-state index contributed by atoms with van der Waals surface area (Å²) in [7, 11) is 3.49. The SMILES string of the molecule is COC1(C(=O)N(C)CCc2ccncc2)CCNCC1.Cl.Cl. The fourth-order valence-electron chi connectivity index (χ4n) is 2.63. The number of nitrogens with one attached hydrogen (secondary N) is 1. The summed E-state index contributed by atoms with van der Waals surface area (Å²) < 4.78 is 5.57. The van der Waals surface area contributed by atoms with Crippen LogP contribution >= 0.6 is 24.8 Å². The highest BCUT2D eigenvalue weighted by Crippen LogP contribution is 2.24. The van der Waals surface area contributed by atoms with E-state index in [2.05, 4.69) is 10.3 Å². The number of ether oxygens (including phenoxy) is 1. The summed E-state index contributed by atoms with van der Waals surface area (Å²) in [4.78, 5) is 18.4. The van der Waals surface area contributed by atoms with E-state index in [9.17, 15) is 4.79 Å². The Hall–Kier alpha value is -0.880. The molecule has 1 aromatic rings. The number of pyridine rings is 1. The third-order valence-corrected chi connectivity index (χ3v) is 4.02. The smallest absolute Gasteiger partial charge is 0.254 e. The van der Waals surface area contributed by atoms with Crippen molar-refractivity contribution in [3.05, 3.63) is 30.1 Å². The molecule has 22 heavy (non-hydrogen) atoms. The second-order valence-electron chi connectivity index (χ2n) is 5.28. The second-order valence-corrected chi connectivity index (χ2v) is 5.28. The van der Waals surface area contributed by atoms with Gasteiger partial charge < -0.3 is 15.0 Å². The molecule has 0 radical (unpaired) electrons. The number of hydrogen-bond acceptors (Lipinski definition) is 4. The molecular weight excluding hydrogens is 325 g/mol. The van der Waals surface area contributed by atoms with E-state index in [0.29, 0.717) is 6.54 Å². The number of amides is 1. The first kappa shape index (κ1) is 21.1. The number of methoxy groups -OCH3 is 1. The summed E-state index contributed by atoms with van der Waals surface area (Å²) in [6.07, 6.45) is 5.87. The number of hydrogen-bond donors (Lipinski definition) is 1. The molecule has 0 atom stereocenters. The lowest BCUT2D eigenvalue weighted by molar-refractivity contribution is -0.156. The van der Waals surface area contributed by atoms with Crippen LogP contribution in [0.4, 0.5) is 0 Å². The number of carbonyl (C=O) groups excluding carboxylic acids is 1. The van der Waals surface area contributed by atoms with Gasteiger partial charge in [0.25, 0.3) is 5.91 Å². The van der Waals surface area contributed by atoms with Gasteiger partial charge in [0.05, 0.1) is 0 Å². The quantitative estimate of drug-likeness (QED) is 0.878. The summed E-state index contributed by atoms with van der Waals surface area (Å²) in [5.41, 5.74) is 0.551. The lowest BCUT2D eigenvalue weighted by Gasteiger charge is -2.37. The van der Waals surface area contributed by atoms with Crippen molar-refractivity contribution in [3.8, 4) is 0 Å². The maximum Gasteiger partial charge on any atom is 0.254 e. The van der Waals surface area contributed by atoms with Crippen LogP contribution in [0.5, 0.6) is 0 Å². The number of rotatable bonds is 5. The Kier molecular flexibility index (Phi) is 9.60. The number of piperidine rings is 1. The molecule has 1 aliphatic rings. The highest BCUT2D eigenvalue weighted by molar-refractivity contribution is 5.86. The maximum atomic E-state index is 12.6. The van der Waals surface area contributed by atoms with E-state index < -0.39 is 5.60 Å². The van der Waals surface area contributed by atoms with Crippen LogP contribution in [0.2, 0.25) is 0 Å². The molecule has 1 aliphatic heterocycles. The predicted molar refractivity (Wildman–Crippen MR) is 91.9 cm³/mol. The summed E-state index contributed by atoms with van der Waals surface area (Å²) in [6, 6.07) is 3.96. The van der Waals surface area contributed by atoms with Gasteiger partial charge in [-0.3, -0.25) is 9.78 Å². The van der Waals surface area contributed by atoms with Gasteiger partial charge in [0.15, 0.2) is 0 Å². The topological polar surface area (TPSA) is 54.5 Å². The van der Waals surface area contributed by atoms with Crippen LogP contribution in [0.3, 0.4) is 0 Å². The van der Waals surface area contributed by atoms with E-state index in [1.807, 2.05) is 19.2 Å². The minimum atomic E-state index is -0.641. The van der Waals surface area contributed by atoms with Gasteiger partial charge in [-0.1, -0.05) is 0 Å². The summed E-state index contributed by atoms with van der Waals surface area (Å²) in [5, 5.41) is 3.27. The van der Waals surface area contributed by atoms with Gasteiger partial charge in [-0.05, 0) is 50.0 Å². The van der Waals surface area contributed by atoms with Crippen LogP contribution in [0.25, 0.3) is 0 Å². The van der Waals surface area contributed by atoms with Crippen LogP contribution in [0.1, 0.15) is 18.4 Å². The molecule has 126 valence electrons. The van der Waals surface area contributed by atoms with Crippen molar-refractivity contribution < 1.29 is 9.53 Å². The van der Waals surface area contributed by atoms with Crippen LogP contribution in [0.15, 0.2) is 24.5 Å². The monoisotopic (exact) mass is 349 g/mol. The molecule has 1 saturated heterocycles. The Balaban J connectivity index is 0.00000220. The largest absolute Gasteiger partial charge is 0.368 e. The first-order chi connectivity index (χ1) is 9.68. The van der Waals surface area contributed by atoms with Crippen molar-refractivity contribution >= 4 is 30.7 Å². The molecule has 2 rings (SSSR count). The molecule has 7 heteroatoms. The first-order valence-electron chi connectivity index (χ1n) is 7.08. The minimum Gasteiger partial charge on any atom is -0.368 e. The van der Waals surface area contributed by atoms with Gasteiger partial charge in [0.2, 0.25) is 0 Å². The minimum absolute atomic E-state index is 0. The molecule has 0 saturated carbocycles. The number of likely N-dealkylation sites (N-methyl/N-ethyl adjacent to an activating group) is 1. The zero-order chi connectivity index (χ0) is 14.4. The van der Waals surface area contributed by atoms with E-state index >= 15 is 0 Å². The fourth-order valence-corrected chi connectivity index (χ4v) is 2.63. The van der Waals surface area contributed by atoms with E-state index in [1.165, 1.54) is 5.56 Å². The Morgan fingerprint density at radius 1 is 1.32 bits per heavy atom. The van der Waals surface area contributed by atoms with Crippen molar-refractivity contribution in [2.75, 3.05) is 33.8 Å². The summed E-state index contributed by atoms with van der Waals surface area (Å²) >= 11 is 0. The molecule has 0 aliphatic carbocycles. The van der Waals surface area contributed by atoms with Crippen LogP contribution < -0.4 is 5.32 Å². The molecule has 1 amide bonds. The molecule has 1 aromatic heterocycles. The molecule has 5 nitrogen and oxygen atoms in total. The summed E-state index contributed by atoms with van der Waals surface area (Å²) in [6.45, 7) is 2.36. The third-order valence-electron chi connectivity index (χ3n) is 4.02. The Labute approximate surface area is 144 Å². The van der Waals surface area contributed by atoms with E-state index in [1.54, 1.807) is 24.4 Å². The van der Waals surface area contributed by atoms with Gasteiger partial charge in [-0.2, -0.15) is 0 Å². The van der Waals surface area contributed by atoms with Crippen molar-refractivity contribution in [3.63, 3.8) is 0 Å². The van der Waals surface area contributed by atoms with Gasteiger partial charge in [-0.15, -0.1) is 24.8 Å². The van der Waals surface area contributed by atoms with Crippen LogP contribution in [0, 0.1) is 0 Å². The lowest BCUT2D eigenvalue weighted by atomic mass is 9.90. The zero-order valence-corrected chi connectivity index (χ0v) is 14.7. The highest BCUT2D eigenvalue weighted by atomic mass is 35.5. The van der Waals surface area contributed by atoms with Gasteiger partial charge in [0.1, 0.15) is 5.60 Å². The number of halogens is 2. The Morgan fingerprint density at radius 2 is 1.91 bits per heavy atom. The molecule has 2 heterocycles. The van der Waals surface area contributed by atoms with Crippen molar-refractivity contribution in [1.29, 1.82) is 0 Å². The molecule has 1 fully saturated rings. The van der Waals surface area contributed by atoms with Crippen molar-refractivity contribution in [2.24, 2.45) is 0 Å². The first-order valence-corrected chi connectivity index (χ1v) is 7.08. The average molecular weight is 350 g/mol. The average Bonchev–Trinajstić information content (AvgIpc) is 2.53. The van der Waals surface area contributed by atoms with Crippen molar-refractivity contribution in [2.45, 2.75) is 24.9 Å². The molecule has 1 N–H and O–H groups in total. The number of carbonyl (C=O) groups is 1. The van der Waals surface area contributed by atoms with E-state index in [-0.39, 0.29) is 30.7 Å². The Bertz CT molecular complexity index is 440.